The number of thiophene rings is 1. The molecule has 0 aromatic carbocycles. The van der Waals surface area contributed by atoms with Crippen LogP contribution in [0.4, 0.5) is 4.39 Å². The van der Waals surface area contributed by atoms with Gasteiger partial charge in [-0.3, -0.25) is 9.69 Å². The molecular weight excluding hydrogens is 337 g/mol. The topological polar surface area (TPSA) is 29.5 Å². The second-order valence-electron chi connectivity index (χ2n) is 6.93. The van der Waals surface area contributed by atoms with Gasteiger partial charge in [0.2, 0.25) is 0 Å². The van der Waals surface area contributed by atoms with E-state index in [9.17, 15) is 9.18 Å². The van der Waals surface area contributed by atoms with Crippen molar-refractivity contribution in [2.24, 2.45) is 0 Å². The van der Waals surface area contributed by atoms with Gasteiger partial charge in [-0.25, -0.2) is 4.39 Å². The summed E-state index contributed by atoms with van der Waals surface area (Å²) in [5.74, 6) is -0.626. The SMILES string of the molecule is O=C1OC[C@@H]2CCCCN2CCC2=CC=C(F)C=C[C@@]12c1ccsc1. The van der Waals surface area contributed by atoms with Crippen LogP contribution in [0.15, 0.2) is 52.5 Å². The van der Waals surface area contributed by atoms with E-state index in [0.717, 1.165) is 37.1 Å². The van der Waals surface area contributed by atoms with E-state index in [1.807, 2.05) is 16.8 Å². The van der Waals surface area contributed by atoms with Gasteiger partial charge in [0.25, 0.3) is 0 Å². The zero-order valence-electron chi connectivity index (χ0n) is 14.1. The molecule has 2 fully saturated rings. The van der Waals surface area contributed by atoms with Crippen molar-refractivity contribution in [2.45, 2.75) is 37.1 Å². The maximum absolute atomic E-state index is 13.9. The molecule has 25 heavy (non-hydrogen) atoms. The maximum Gasteiger partial charge on any atom is 0.324 e. The van der Waals surface area contributed by atoms with Gasteiger partial charge in [0.15, 0.2) is 0 Å². The Morgan fingerprint density at radius 3 is 3.04 bits per heavy atom. The molecule has 1 aromatic rings. The van der Waals surface area contributed by atoms with Crippen LogP contribution in [0.5, 0.6) is 0 Å². The first-order valence-electron chi connectivity index (χ1n) is 8.90. The molecule has 3 heterocycles. The number of allylic oxidation sites excluding steroid dienone is 4. The van der Waals surface area contributed by atoms with E-state index in [0.29, 0.717) is 12.6 Å². The van der Waals surface area contributed by atoms with Gasteiger partial charge in [0.05, 0.1) is 0 Å². The van der Waals surface area contributed by atoms with E-state index < -0.39 is 5.41 Å². The summed E-state index contributed by atoms with van der Waals surface area (Å²) in [6.07, 6.45) is 10.5. The fraction of sp³-hybridized carbons (Fsp3) is 0.450. The second-order valence-corrected chi connectivity index (χ2v) is 7.71. The number of piperidine rings is 1. The molecule has 0 saturated carbocycles. The van der Waals surface area contributed by atoms with Crippen LogP contribution in [0.1, 0.15) is 31.2 Å². The Hall–Kier alpha value is -1.72. The number of carbonyl (C=O) groups excluding carboxylic acids is 1. The molecule has 2 atom stereocenters. The van der Waals surface area contributed by atoms with Gasteiger partial charge in [0, 0.05) is 12.6 Å². The number of rotatable bonds is 1. The van der Waals surface area contributed by atoms with Crippen molar-refractivity contribution in [2.75, 3.05) is 19.7 Å². The molecule has 0 N–H and O–H groups in total. The third-order valence-corrected chi connectivity index (χ3v) is 6.25. The molecule has 0 unspecified atom stereocenters. The highest BCUT2D eigenvalue weighted by atomic mass is 32.1. The lowest BCUT2D eigenvalue weighted by atomic mass is 9.73. The summed E-state index contributed by atoms with van der Waals surface area (Å²) in [6, 6.07) is 2.25. The standard InChI is InChI=1S/C20H22FNO2S/c21-17-5-4-15-7-11-22-10-2-1-3-18(22)13-24-19(23)20(15,9-6-17)16-8-12-25-14-16/h4-6,8-9,12,14,18H,1-3,7,10-11,13H2/t18-,20+/m0/s1. The third kappa shape index (κ3) is 3.00. The first-order valence-corrected chi connectivity index (χ1v) is 9.84. The Balaban J connectivity index is 1.79. The molecule has 5 heteroatoms. The average Bonchev–Trinajstić information content (AvgIpc) is 3.12. The van der Waals surface area contributed by atoms with Gasteiger partial charge < -0.3 is 4.74 Å². The van der Waals surface area contributed by atoms with Gasteiger partial charge in [-0.15, -0.1) is 0 Å². The number of halogens is 1. The Morgan fingerprint density at radius 1 is 1.28 bits per heavy atom. The van der Waals surface area contributed by atoms with Crippen LogP contribution >= 0.6 is 11.3 Å². The maximum atomic E-state index is 13.9. The summed E-state index contributed by atoms with van der Waals surface area (Å²) < 4.78 is 19.8. The van der Waals surface area contributed by atoms with Gasteiger partial charge in [-0.05, 0) is 65.9 Å². The van der Waals surface area contributed by atoms with Crippen LogP contribution < -0.4 is 0 Å². The van der Waals surface area contributed by atoms with E-state index in [1.54, 1.807) is 23.5 Å². The van der Waals surface area contributed by atoms with Crippen LogP contribution in [0.2, 0.25) is 0 Å². The van der Waals surface area contributed by atoms with Crippen molar-refractivity contribution in [1.29, 1.82) is 0 Å². The molecule has 0 spiro atoms. The van der Waals surface area contributed by atoms with E-state index in [1.165, 1.54) is 25.0 Å². The number of hydrogen-bond acceptors (Lipinski definition) is 4. The van der Waals surface area contributed by atoms with Crippen molar-refractivity contribution >= 4 is 17.3 Å². The Morgan fingerprint density at radius 2 is 2.20 bits per heavy atom. The first-order chi connectivity index (χ1) is 12.2. The van der Waals surface area contributed by atoms with Gasteiger partial charge in [-0.1, -0.05) is 18.6 Å². The van der Waals surface area contributed by atoms with Crippen LogP contribution in [0, 0.1) is 0 Å². The second kappa shape index (κ2) is 6.89. The summed E-state index contributed by atoms with van der Waals surface area (Å²) in [6.45, 7) is 2.34. The molecule has 132 valence electrons. The summed E-state index contributed by atoms with van der Waals surface area (Å²) in [5, 5.41) is 3.92. The molecule has 1 aliphatic carbocycles. The predicted molar refractivity (Wildman–Crippen MR) is 97.2 cm³/mol. The minimum Gasteiger partial charge on any atom is -0.463 e. The zero-order valence-corrected chi connectivity index (χ0v) is 14.9. The van der Waals surface area contributed by atoms with Crippen LogP contribution in [-0.2, 0) is 14.9 Å². The van der Waals surface area contributed by atoms with Crippen molar-refractivity contribution in [3.8, 4) is 0 Å². The Kier molecular flexibility index (Phi) is 4.61. The highest BCUT2D eigenvalue weighted by Crippen LogP contribution is 2.41. The number of hydrogen-bond donors (Lipinski definition) is 0. The number of cyclic esters (lactones) is 1. The molecule has 4 rings (SSSR count). The monoisotopic (exact) mass is 359 g/mol. The lowest BCUT2D eigenvalue weighted by Crippen LogP contribution is -2.43. The molecule has 0 amide bonds. The molecule has 3 nitrogen and oxygen atoms in total. The van der Waals surface area contributed by atoms with Crippen molar-refractivity contribution in [1.82, 2.24) is 4.90 Å². The molecular formula is C20H22FNO2S. The fourth-order valence-electron chi connectivity index (χ4n) is 4.14. The highest BCUT2D eigenvalue weighted by Gasteiger charge is 2.45. The van der Waals surface area contributed by atoms with Crippen molar-refractivity contribution in [3.63, 3.8) is 0 Å². The summed E-state index contributed by atoms with van der Waals surface area (Å²) in [7, 11) is 0. The molecule has 3 aliphatic rings. The third-order valence-electron chi connectivity index (χ3n) is 5.57. The van der Waals surface area contributed by atoms with Gasteiger partial charge in [0.1, 0.15) is 17.8 Å². The van der Waals surface area contributed by atoms with Crippen LogP contribution in [0.3, 0.4) is 0 Å². The number of nitrogens with zero attached hydrogens (tertiary/aromatic N) is 1. The van der Waals surface area contributed by atoms with Gasteiger partial charge in [-0.2, -0.15) is 11.3 Å². The predicted octanol–water partition coefficient (Wildman–Crippen LogP) is 4.14. The fourth-order valence-corrected chi connectivity index (χ4v) is 4.85. The van der Waals surface area contributed by atoms with Crippen molar-refractivity contribution < 1.29 is 13.9 Å². The van der Waals surface area contributed by atoms with Gasteiger partial charge >= 0.3 is 5.97 Å². The molecule has 0 radical (unpaired) electrons. The summed E-state index contributed by atoms with van der Waals surface area (Å²) >= 11 is 1.54. The lowest BCUT2D eigenvalue weighted by Gasteiger charge is -2.34. The quantitative estimate of drug-likeness (QED) is 0.706. The van der Waals surface area contributed by atoms with Crippen LogP contribution in [-0.4, -0.2) is 36.6 Å². The summed E-state index contributed by atoms with van der Waals surface area (Å²) in [5.41, 5.74) is 0.762. The minimum absolute atomic E-state index is 0.288. The number of fused-ring (bicyclic) bond motifs is 2. The number of carbonyl (C=O) groups is 1. The molecule has 0 bridgehead atoms. The Labute approximate surface area is 151 Å². The summed E-state index contributed by atoms with van der Waals surface area (Å²) in [4.78, 5) is 15.7. The van der Waals surface area contributed by atoms with E-state index in [-0.39, 0.29) is 11.8 Å². The minimum atomic E-state index is -1.01. The van der Waals surface area contributed by atoms with E-state index in [2.05, 4.69) is 4.90 Å². The van der Waals surface area contributed by atoms with Crippen molar-refractivity contribution in [3.05, 3.63) is 58.1 Å². The largest absolute Gasteiger partial charge is 0.463 e. The van der Waals surface area contributed by atoms with E-state index >= 15 is 0 Å². The average molecular weight is 359 g/mol. The lowest BCUT2D eigenvalue weighted by molar-refractivity contribution is -0.149. The Bertz CT molecular complexity index is 737. The number of esters is 1. The molecule has 2 saturated heterocycles. The highest BCUT2D eigenvalue weighted by molar-refractivity contribution is 7.08. The van der Waals surface area contributed by atoms with Crippen LogP contribution in [0.25, 0.3) is 0 Å². The smallest absolute Gasteiger partial charge is 0.324 e. The molecule has 1 aromatic heterocycles. The number of ether oxygens (including phenoxy) is 1. The van der Waals surface area contributed by atoms with E-state index in [4.69, 9.17) is 4.74 Å². The first kappa shape index (κ1) is 16.7. The normalized spacial score (nSPS) is 30.6. The zero-order chi connectivity index (χ0) is 17.3. The molecule has 2 aliphatic heterocycles.